The van der Waals surface area contributed by atoms with Crippen LogP contribution in [0.3, 0.4) is 0 Å². The fourth-order valence-corrected chi connectivity index (χ4v) is 0.412. The Balaban J connectivity index is 2.84. The molecule has 1 aromatic heterocycles. The van der Waals surface area contributed by atoms with Gasteiger partial charge in [0.2, 0.25) is 5.89 Å². The topological polar surface area (TPSA) is 62.7 Å². The second-order valence-corrected chi connectivity index (χ2v) is 1.41. The molecule has 4 heteroatoms. The van der Waals surface area contributed by atoms with Crippen molar-refractivity contribution in [2.75, 3.05) is 0 Å². The van der Waals surface area contributed by atoms with Crippen LogP contribution in [0.2, 0.25) is 0 Å². The third kappa shape index (κ3) is 0.840. The van der Waals surface area contributed by atoms with E-state index in [1.165, 1.54) is 0 Å². The van der Waals surface area contributed by atoms with Gasteiger partial charge in [-0.3, -0.25) is 0 Å². The van der Waals surface area contributed by atoms with Gasteiger partial charge in [-0.05, 0) is 6.92 Å². The van der Waals surface area contributed by atoms with Gasteiger partial charge in [0.05, 0.1) is 6.54 Å². The summed E-state index contributed by atoms with van der Waals surface area (Å²) >= 11 is 0. The van der Waals surface area contributed by atoms with Crippen molar-refractivity contribution in [3.05, 3.63) is 11.7 Å². The van der Waals surface area contributed by atoms with E-state index in [1.807, 2.05) is 0 Å². The summed E-state index contributed by atoms with van der Waals surface area (Å²) in [4.78, 5) is 3.76. The zero-order valence-corrected chi connectivity index (χ0v) is 4.51. The molecule has 0 aliphatic carbocycles. The van der Waals surface area contributed by atoms with Crippen molar-refractivity contribution < 1.29 is 4.52 Å². The average Bonchev–Trinajstić information content (AvgIpc) is 2.14. The second kappa shape index (κ2) is 1.92. The summed E-state index contributed by atoms with van der Waals surface area (Å²) in [7, 11) is 0. The number of rotatable bonds is 1. The van der Waals surface area contributed by atoms with E-state index < -0.39 is 0 Å². The minimum absolute atomic E-state index is 0.0703. The van der Waals surface area contributed by atoms with Crippen LogP contribution in [-0.4, -0.2) is 10.1 Å². The third-order valence-corrected chi connectivity index (χ3v) is 0.721. The highest BCUT2D eigenvalue weighted by molar-refractivity contribution is 4.80. The quantitative estimate of drug-likeness (QED) is 0.519. The van der Waals surface area contributed by atoms with Gasteiger partial charge in [-0.15, -0.1) is 0 Å². The predicted octanol–water partition coefficient (Wildman–Crippen LogP) is 0.161. The lowest BCUT2D eigenvalue weighted by molar-refractivity contribution is 0.375. The van der Waals surface area contributed by atoms with Crippen LogP contribution in [0.4, 0.5) is 0 Å². The molecule has 43 valence electrons. The Kier molecular flexibility index (Phi) is 1.26. The summed E-state index contributed by atoms with van der Waals surface area (Å²) in [5.41, 5.74) is 6.76. The third-order valence-electron chi connectivity index (χ3n) is 0.721. The molecule has 0 fully saturated rings. The SMILES string of the molecule is Cc1noc(C[NH])n1. The van der Waals surface area contributed by atoms with Gasteiger partial charge in [0, 0.05) is 0 Å². The van der Waals surface area contributed by atoms with Gasteiger partial charge >= 0.3 is 0 Å². The second-order valence-electron chi connectivity index (χ2n) is 1.41. The summed E-state index contributed by atoms with van der Waals surface area (Å²) in [6.07, 6.45) is 0. The van der Waals surface area contributed by atoms with Crippen molar-refractivity contribution in [3.8, 4) is 0 Å². The molecule has 1 aromatic rings. The first-order valence-electron chi connectivity index (χ1n) is 2.26. The van der Waals surface area contributed by atoms with E-state index in [4.69, 9.17) is 5.73 Å². The van der Waals surface area contributed by atoms with E-state index in [0.717, 1.165) is 0 Å². The highest BCUT2D eigenvalue weighted by Crippen LogP contribution is 1.92. The molecule has 0 aliphatic rings. The molecule has 8 heavy (non-hydrogen) atoms. The number of nitrogens with one attached hydrogen (secondary N) is 1. The van der Waals surface area contributed by atoms with Crippen molar-refractivity contribution in [1.82, 2.24) is 15.9 Å². The standard InChI is InChI=1S/C4H6N3O/c1-3-6-4(2-5)8-7-3/h5H,2H2,1H3. The lowest BCUT2D eigenvalue weighted by Crippen LogP contribution is -1.82. The summed E-state index contributed by atoms with van der Waals surface area (Å²) in [6, 6.07) is 0. The zero-order valence-electron chi connectivity index (χ0n) is 4.51. The first-order chi connectivity index (χ1) is 3.83. The lowest BCUT2D eigenvalue weighted by atomic mass is 10.6. The highest BCUT2D eigenvalue weighted by Gasteiger charge is 1.96. The van der Waals surface area contributed by atoms with Crippen LogP contribution < -0.4 is 5.73 Å². The molecule has 1 heterocycles. The molecule has 0 saturated carbocycles. The minimum atomic E-state index is 0.0703. The molecule has 0 aliphatic heterocycles. The molecule has 0 amide bonds. The Morgan fingerprint density at radius 1 is 1.75 bits per heavy atom. The van der Waals surface area contributed by atoms with E-state index in [0.29, 0.717) is 11.7 Å². The van der Waals surface area contributed by atoms with Gasteiger partial charge < -0.3 is 4.52 Å². The molecule has 0 unspecified atom stereocenters. The molecule has 1 rings (SSSR count). The van der Waals surface area contributed by atoms with Crippen molar-refractivity contribution in [2.24, 2.45) is 0 Å². The summed E-state index contributed by atoms with van der Waals surface area (Å²) in [6.45, 7) is 1.80. The van der Waals surface area contributed by atoms with Crippen LogP contribution in [0, 0.1) is 6.92 Å². The fourth-order valence-electron chi connectivity index (χ4n) is 0.412. The van der Waals surface area contributed by atoms with Crippen molar-refractivity contribution in [1.29, 1.82) is 0 Å². The van der Waals surface area contributed by atoms with Gasteiger partial charge in [-0.25, -0.2) is 5.73 Å². The monoisotopic (exact) mass is 112 g/mol. The van der Waals surface area contributed by atoms with Gasteiger partial charge in [-0.1, -0.05) is 5.16 Å². The van der Waals surface area contributed by atoms with Gasteiger partial charge in [0.1, 0.15) is 0 Å². The summed E-state index contributed by atoms with van der Waals surface area (Å²) < 4.78 is 4.56. The van der Waals surface area contributed by atoms with Crippen molar-refractivity contribution in [3.63, 3.8) is 0 Å². The molecule has 0 saturated heterocycles. The van der Waals surface area contributed by atoms with E-state index in [9.17, 15) is 0 Å². The molecule has 4 nitrogen and oxygen atoms in total. The van der Waals surface area contributed by atoms with Crippen LogP contribution in [0.15, 0.2) is 4.52 Å². The first-order valence-corrected chi connectivity index (χ1v) is 2.26. The van der Waals surface area contributed by atoms with E-state index in [1.54, 1.807) is 6.92 Å². The maximum Gasteiger partial charge on any atom is 0.241 e. The smallest absolute Gasteiger partial charge is 0.241 e. The maximum atomic E-state index is 6.76. The molecule has 0 bridgehead atoms. The number of hydrogen-bond acceptors (Lipinski definition) is 3. The molecule has 0 spiro atoms. The normalized spacial score (nSPS) is 9.75. The first kappa shape index (κ1) is 5.24. The van der Waals surface area contributed by atoms with Crippen LogP contribution >= 0.6 is 0 Å². The fraction of sp³-hybridized carbons (Fsp3) is 0.500. The van der Waals surface area contributed by atoms with E-state index >= 15 is 0 Å². The van der Waals surface area contributed by atoms with Gasteiger partial charge in [-0.2, -0.15) is 4.98 Å². The van der Waals surface area contributed by atoms with Gasteiger partial charge in [0.15, 0.2) is 5.82 Å². The zero-order chi connectivity index (χ0) is 5.98. The van der Waals surface area contributed by atoms with Crippen LogP contribution in [0.5, 0.6) is 0 Å². The number of aryl methyl sites for hydroxylation is 1. The summed E-state index contributed by atoms with van der Waals surface area (Å²) in [5.74, 6) is 0.967. The molecule has 0 atom stereocenters. The molecule has 0 aromatic carbocycles. The minimum Gasteiger partial charge on any atom is -0.338 e. The number of aromatic nitrogens is 2. The van der Waals surface area contributed by atoms with E-state index in [2.05, 4.69) is 14.7 Å². The molecule has 1 N–H and O–H groups in total. The Bertz CT molecular complexity index is 172. The summed E-state index contributed by atoms with van der Waals surface area (Å²) in [5, 5.41) is 3.48. The van der Waals surface area contributed by atoms with Crippen molar-refractivity contribution >= 4 is 0 Å². The highest BCUT2D eigenvalue weighted by atomic mass is 16.5. The predicted molar refractivity (Wildman–Crippen MR) is 25.8 cm³/mol. The Labute approximate surface area is 46.7 Å². The Morgan fingerprint density at radius 2 is 2.50 bits per heavy atom. The number of nitrogens with zero attached hydrogens (tertiary/aromatic N) is 2. The van der Waals surface area contributed by atoms with Crippen LogP contribution in [0.25, 0.3) is 0 Å². The van der Waals surface area contributed by atoms with Crippen LogP contribution in [0.1, 0.15) is 11.7 Å². The molecular formula is C4H6N3O. The Hall–Kier alpha value is -0.900. The maximum absolute atomic E-state index is 6.76. The number of hydrogen-bond donors (Lipinski definition) is 0. The van der Waals surface area contributed by atoms with Crippen molar-refractivity contribution in [2.45, 2.75) is 13.5 Å². The average molecular weight is 112 g/mol. The Morgan fingerprint density at radius 3 is 2.75 bits per heavy atom. The van der Waals surface area contributed by atoms with Crippen LogP contribution in [-0.2, 0) is 6.54 Å². The molecular weight excluding hydrogens is 106 g/mol. The van der Waals surface area contributed by atoms with Gasteiger partial charge in [0.25, 0.3) is 0 Å². The molecule has 1 radical (unpaired) electrons. The lowest BCUT2D eigenvalue weighted by Gasteiger charge is -1.74. The largest absolute Gasteiger partial charge is 0.338 e. The van der Waals surface area contributed by atoms with E-state index in [-0.39, 0.29) is 6.54 Å².